The minimum atomic E-state index is -4.29. The molecule has 0 unspecified atom stereocenters. The van der Waals surface area contributed by atoms with Crippen molar-refractivity contribution in [2.75, 3.05) is 5.73 Å². The molecule has 2 rings (SSSR count). The van der Waals surface area contributed by atoms with Crippen LogP contribution in [0.3, 0.4) is 0 Å². The summed E-state index contributed by atoms with van der Waals surface area (Å²) < 4.78 is 38.2. The lowest BCUT2D eigenvalue weighted by Crippen LogP contribution is -2.04. The van der Waals surface area contributed by atoms with Crippen molar-refractivity contribution < 1.29 is 13.2 Å². The van der Waals surface area contributed by atoms with E-state index in [0.717, 1.165) is 27.1 Å². The molecule has 2 aromatic rings. The molecule has 0 aromatic heterocycles. The fourth-order valence-corrected chi connectivity index (χ4v) is 3.06. The van der Waals surface area contributed by atoms with Crippen molar-refractivity contribution in [1.82, 2.24) is 0 Å². The van der Waals surface area contributed by atoms with Crippen LogP contribution in [0.1, 0.15) is 11.1 Å². The number of anilines is 1. The zero-order chi connectivity index (χ0) is 14.8. The molecule has 0 radical (unpaired) electrons. The number of benzene rings is 2. The van der Waals surface area contributed by atoms with Crippen LogP contribution >= 0.6 is 27.7 Å². The summed E-state index contributed by atoms with van der Waals surface area (Å²) in [5.41, 5.74) is 6.69. The maximum Gasteiger partial charge on any atom is 0.416 e. The number of alkyl halides is 3. The Morgan fingerprint density at radius 1 is 1.05 bits per heavy atom. The third-order valence-electron chi connectivity index (χ3n) is 2.65. The molecule has 0 heterocycles. The third kappa shape index (κ3) is 3.93. The van der Waals surface area contributed by atoms with Gasteiger partial charge in [0.15, 0.2) is 0 Å². The van der Waals surface area contributed by atoms with E-state index < -0.39 is 11.7 Å². The van der Waals surface area contributed by atoms with Crippen molar-refractivity contribution >= 4 is 33.4 Å². The zero-order valence-electron chi connectivity index (χ0n) is 10.2. The van der Waals surface area contributed by atoms with E-state index in [1.54, 1.807) is 6.07 Å². The lowest BCUT2D eigenvalue weighted by Gasteiger charge is -2.08. The van der Waals surface area contributed by atoms with E-state index in [2.05, 4.69) is 15.9 Å². The summed E-state index contributed by atoms with van der Waals surface area (Å²) in [5.74, 6) is 0.568. The second-order valence-electron chi connectivity index (χ2n) is 4.17. The number of nitrogen functional groups attached to an aromatic ring is 1. The summed E-state index contributed by atoms with van der Waals surface area (Å²) in [7, 11) is 0. The summed E-state index contributed by atoms with van der Waals surface area (Å²) in [6.07, 6.45) is -4.29. The van der Waals surface area contributed by atoms with Crippen molar-refractivity contribution in [3.8, 4) is 0 Å². The van der Waals surface area contributed by atoms with Gasteiger partial charge in [0.05, 0.1) is 5.56 Å². The van der Waals surface area contributed by atoms with Crippen LogP contribution in [0.25, 0.3) is 0 Å². The molecule has 0 aliphatic carbocycles. The predicted molar refractivity (Wildman–Crippen MR) is 79.6 cm³/mol. The number of halogens is 4. The minimum Gasteiger partial charge on any atom is -0.398 e. The largest absolute Gasteiger partial charge is 0.416 e. The van der Waals surface area contributed by atoms with Gasteiger partial charge in [0.1, 0.15) is 0 Å². The molecular weight excluding hydrogens is 351 g/mol. The highest BCUT2D eigenvalue weighted by atomic mass is 79.9. The van der Waals surface area contributed by atoms with Crippen LogP contribution in [-0.2, 0) is 11.9 Å². The molecule has 0 saturated heterocycles. The summed E-state index contributed by atoms with van der Waals surface area (Å²) in [6.45, 7) is 0. The molecule has 0 aliphatic rings. The first-order valence-electron chi connectivity index (χ1n) is 5.70. The first kappa shape index (κ1) is 15.3. The van der Waals surface area contributed by atoms with Gasteiger partial charge in [-0.15, -0.1) is 11.8 Å². The van der Waals surface area contributed by atoms with Crippen molar-refractivity contribution in [2.24, 2.45) is 0 Å². The van der Waals surface area contributed by atoms with Crippen LogP contribution in [0, 0.1) is 0 Å². The van der Waals surface area contributed by atoms with Gasteiger partial charge in [-0.2, -0.15) is 13.2 Å². The first-order valence-corrected chi connectivity index (χ1v) is 7.48. The Labute approximate surface area is 127 Å². The quantitative estimate of drug-likeness (QED) is 0.589. The monoisotopic (exact) mass is 361 g/mol. The zero-order valence-corrected chi connectivity index (χ0v) is 12.6. The molecular formula is C14H11BrF3NS. The van der Waals surface area contributed by atoms with E-state index in [4.69, 9.17) is 5.73 Å². The SMILES string of the molecule is Nc1ccc(Br)cc1SCc1ccc(C(F)(F)F)cc1. The lowest BCUT2D eigenvalue weighted by molar-refractivity contribution is -0.137. The molecule has 0 bridgehead atoms. The number of thioether (sulfide) groups is 1. The average Bonchev–Trinajstić information content (AvgIpc) is 2.39. The van der Waals surface area contributed by atoms with Crippen LogP contribution in [0.5, 0.6) is 0 Å². The smallest absolute Gasteiger partial charge is 0.398 e. The standard InChI is InChI=1S/C14H11BrF3NS/c15-11-5-6-12(19)13(7-11)20-8-9-1-3-10(4-2-9)14(16,17)18/h1-7H,8,19H2. The van der Waals surface area contributed by atoms with Gasteiger partial charge in [0.2, 0.25) is 0 Å². The Hall–Kier alpha value is -1.14. The summed E-state index contributed by atoms with van der Waals surface area (Å²) >= 11 is 4.85. The Kier molecular flexibility index (Phi) is 4.65. The maximum atomic E-state index is 12.4. The number of hydrogen-bond acceptors (Lipinski definition) is 2. The van der Waals surface area contributed by atoms with Crippen LogP contribution in [0.4, 0.5) is 18.9 Å². The fourth-order valence-electron chi connectivity index (χ4n) is 1.58. The number of rotatable bonds is 3. The van der Waals surface area contributed by atoms with E-state index in [1.165, 1.54) is 23.9 Å². The Balaban J connectivity index is 2.06. The Morgan fingerprint density at radius 3 is 2.30 bits per heavy atom. The van der Waals surface area contributed by atoms with E-state index >= 15 is 0 Å². The third-order valence-corrected chi connectivity index (χ3v) is 4.29. The van der Waals surface area contributed by atoms with E-state index in [9.17, 15) is 13.2 Å². The molecule has 106 valence electrons. The maximum absolute atomic E-state index is 12.4. The Morgan fingerprint density at radius 2 is 1.70 bits per heavy atom. The lowest BCUT2D eigenvalue weighted by atomic mass is 10.1. The fraction of sp³-hybridized carbons (Fsp3) is 0.143. The average molecular weight is 362 g/mol. The van der Waals surface area contributed by atoms with Crippen molar-refractivity contribution in [3.63, 3.8) is 0 Å². The predicted octanol–water partition coefficient (Wildman–Crippen LogP) is 5.34. The van der Waals surface area contributed by atoms with Crippen molar-refractivity contribution in [2.45, 2.75) is 16.8 Å². The molecule has 0 saturated carbocycles. The summed E-state index contributed by atoms with van der Waals surface area (Å²) in [6, 6.07) is 10.7. The molecule has 0 atom stereocenters. The summed E-state index contributed by atoms with van der Waals surface area (Å²) in [4.78, 5) is 0.902. The highest BCUT2D eigenvalue weighted by Gasteiger charge is 2.29. The van der Waals surface area contributed by atoms with Crippen LogP contribution in [0.2, 0.25) is 0 Å². The van der Waals surface area contributed by atoms with Gasteiger partial charge in [-0.1, -0.05) is 28.1 Å². The normalized spacial score (nSPS) is 11.6. The van der Waals surface area contributed by atoms with E-state index in [1.807, 2.05) is 12.1 Å². The van der Waals surface area contributed by atoms with Gasteiger partial charge < -0.3 is 5.73 Å². The molecule has 0 aliphatic heterocycles. The van der Waals surface area contributed by atoms with Gasteiger partial charge in [-0.3, -0.25) is 0 Å². The highest BCUT2D eigenvalue weighted by Crippen LogP contribution is 2.32. The molecule has 0 amide bonds. The van der Waals surface area contributed by atoms with Crippen LogP contribution in [0.15, 0.2) is 51.8 Å². The second kappa shape index (κ2) is 6.10. The van der Waals surface area contributed by atoms with Crippen molar-refractivity contribution in [1.29, 1.82) is 0 Å². The topological polar surface area (TPSA) is 26.0 Å². The van der Waals surface area contributed by atoms with Gasteiger partial charge in [-0.25, -0.2) is 0 Å². The molecule has 0 spiro atoms. The number of nitrogens with two attached hydrogens (primary N) is 1. The highest BCUT2D eigenvalue weighted by molar-refractivity contribution is 9.10. The van der Waals surface area contributed by atoms with Crippen molar-refractivity contribution in [3.05, 3.63) is 58.1 Å². The molecule has 20 heavy (non-hydrogen) atoms. The molecule has 1 nitrogen and oxygen atoms in total. The molecule has 6 heteroatoms. The van der Waals surface area contributed by atoms with E-state index in [-0.39, 0.29) is 0 Å². The first-order chi connectivity index (χ1) is 9.36. The van der Waals surface area contributed by atoms with Crippen LogP contribution in [-0.4, -0.2) is 0 Å². The summed E-state index contributed by atoms with van der Waals surface area (Å²) in [5, 5.41) is 0. The minimum absolute atomic E-state index is 0.568. The second-order valence-corrected chi connectivity index (χ2v) is 6.10. The van der Waals surface area contributed by atoms with Gasteiger partial charge in [-0.05, 0) is 35.9 Å². The van der Waals surface area contributed by atoms with Gasteiger partial charge >= 0.3 is 6.18 Å². The Bertz CT molecular complexity index is 596. The molecule has 2 N–H and O–H groups in total. The molecule has 2 aromatic carbocycles. The van der Waals surface area contributed by atoms with Gasteiger partial charge in [0.25, 0.3) is 0 Å². The number of hydrogen-bond donors (Lipinski definition) is 1. The van der Waals surface area contributed by atoms with Gasteiger partial charge in [0, 0.05) is 20.8 Å². The van der Waals surface area contributed by atoms with E-state index in [0.29, 0.717) is 11.4 Å². The molecule has 0 fully saturated rings. The van der Waals surface area contributed by atoms with Crippen LogP contribution < -0.4 is 5.73 Å².